The molecule has 0 bridgehead atoms. The monoisotopic (exact) mass is 170 g/mol. The second-order valence-corrected chi connectivity index (χ2v) is 2.39. The number of nitrogens with zero attached hydrogens (tertiary/aromatic N) is 4. The minimum atomic E-state index is 0.580. The van der Waals surface area contributed by atoms with E-state index in [0.29, 0.717) is 11.4 Å². The van der Waals surface area contributed by atoms with Crippen molar-refractivity contribution >= 4 is 11.4 Å². The molecule has 1 aliphatic carbocycles. The molecule has 0 N–H and O–H groups in total. The summed E-state index contributed by atoms with van der Waals surface area (Å²) in [5.74, 6) is 0. The van der Waals surface area contributed by atoms with Crippen molar-refractivity contribution in [1.82, 2.24) is 0 Å². The maximum absolute atomic E-state index is 8.32. The van der Waals surface area contributed by atoms with E-state index in [4.69, 9.17) is 10.5 Å². The van der Waals surface area contributed by atoms with Crippen LogP contribution in [0.5, 0.6) is 0 Å². The maximum Gasteiger partial charge on any atom is 0.206 e. The van der Waals surface area contributed by atoms with Gasteiger partial charge in [0.15, 0.2) is 0 Å². The van der Waals surface area contributed by atoms with Gasteiger partial charge < -0.3 is 0 Å². The topological polar surface area (TPSA) is 72.3 Å². The maximum atomic E-state index is 8.32. The Balaban J connectivity index is 3.01. The minimum Gasteiger partial charge on any atom is -0.174 e. The van der Waals surface area contributed by atoms with Gasteiger partial charge in [-0.2, -0.15) is 20.5 Å². The van der Waals surface area contributed by atoms with Crippen LogP contribution in [0.15, 0.2) is 33.8 Å². The zero-order chi connectivity index (χ0) is 9.68. The first-order valence-corrected chi connectivity index (χ1v) is 3.58. The molecular weight excluding hydrogens is 164 g/mol. The van der Waals surface area contributed by atoms with E-state index in [0.717, 1.165) is 5.57 Å². The lowest BCUT2D eigenvalue weighted by Crippen LogP contribution is -2.05. The molecule has 0 saturated heterocycles. The molecule has 0 fully saturated rings. The predicted molar refractivity (Wildman–Crippen MR) is 49.0 cm³/mol. The summed E-state index contributed by atoms with van der Waals surface area (Å²) in [4.78, 5) is 7.14. The van der Waals surface area contributed by atoms with Crippen molar-refractivity contribution in [3.05, 3.63) is 23.8 Å². The van der Waals surface area contributed by atoms with E-state index in [2.05, 4.69) is 9.98 Å². The highest BCUT2D eigenvalue weighted by atomic mass is 14.7. The van der Waals surface area contributed by atoms with Crippen LogP contribution in [0.2, 0.25) is 0 Å². The van der Waals surface area contributed by atoms with E-state index >= 15 is 0 Å². The van der Waals surface area contributed by atoms with Crippen LogP contribution in [0.25, 0.3) is 0 Å². The summed E-state index contributed by atoms with van der Waals surface area (Å²) in [6, 6.07) is 0. The molecule has 13 heavy (non-hydrogen) atoms. The third-order valence-corrected chi connectivity index (χ3v) is 1.53. The fourth-order valence-electron chi connectivity index (χ4n) is 0.946. The Hall–Kier alpha value is -2.20. The highest BCUT2D eigenvalue weighted by Crippen LogP contribution is 2.06. The van der Waals surface area contributed by atoms with E-state index in [9.17, 15) is 0 Å². The molecule has 0 radical (unpaired) electrons. The molecule has 0 aromatic carbocycles. The zero-order valence-electron chi connectivity index (χ0n) is 7.02. The third kappa shape index (κ3) is 2.11. The molecule has 1 aliphatic rings. The highest BCUT2D eigenvalue weighted by molar-refractivity contribution is 6.21. The first-order chi connectivity index (χ1) is 6.27. The van der Waals surface area contributed by atoms with Gasteiger partial charge in [-0.15, -0.1) is 0 Å². The molecule has 4 heteroatoms. The average molecular weight is 170 g/mol. The third-order valence-electron chi connectivity index (χ3n) is 1.53. The van der Waals surface area contributed by atoms with Crippen LogP contribution in [0.1, 0.15) is 6.92 Å². The number of aliphatic imine (C=N–C) groups is 2. The SMILES string of the molecule is CC1=CC(=NC#N)C=CC1=NC#N. The standard InChI is InChI=1S/C9H6N4/c1-7-4-8(12-5-10)2-3-9(7)13-6-11/h2-4H,1H3. The molecule has 0 amide bonds. The first kappa shape index (κ1) is 8.89. The first-order valence-electron chi connectivity index (χ1n) is 3.58. The van der Waals surface area contributed by atoms with Gasteiger partial charge in [-0.1, -0.05) is 0 Å². The highest BCUT2D eigenvalue weighted by Gasteiger charge is 2.05. The Morgan fingerprint density at radius 1 is 1.15 bits per heavy atom. The fraction of sp³-hybridized carbons (Fsp3) is 0.111. The van der Waals surface area contributed by atoms with Gasteiger partial charge >= 0.3 is 0 Å². The quantitative estimate of drug-likeness (QED) is 0.406. The molecule has 0 aromatic rings. The summed E-state index contributed by atoms with van der Waals surface area (Å²) in [5.41, 5.74) is 2.02. The molecule has 0 unspecified atom stereocenters. The summed E-state index contributed by atoms with van der Waals surface area (Å²) in [6.07, 6.45) is 8.41. The van der Waals surface area contributed by atoms with Gasteiger partial charge in [-0.05, 0) is 30.7 Å². The molecule has 0 heterocycles. The summed E-state index contributed by atoms with van der Waals surface area (Å²) in [7, 11) is 0. The molecule has 62 valence electrons. The Labute approximate surface area is 75.8 Å². The Morgan fingerprint density at radius 2 is 1.85 bits per heavy atom. The average Bonchev–Trinajstić information content (AvgIpc) is 2.10. The second-order valence-electron chi connectivity index (χ2n) is 2.39. The van der Waals surface area contributed by atoms with Crippen molar-refractivity contribution in [3.8, 4) is 12.4 Å². The summed E-state index contributed by atoms with van der Waals surface area (Å²) in [6.45, 7) is 1.81. The summed E-state index contributed by atoms with van der Waals surface area (Å²) < 4.78 is 0. The number of allylic oxidation sites excluding steroid dienone is 4. The van der Waals surface area contributed by atoms with Crippen molar-refractivity contribution < 1.29 is 0 Å². The molecule has 1 rings (SSSR count). The van der Waals surface area contributed by atoms with Crippen LogP contribution >= 0.6 is 0 Å². The normalized spacial score (nSPS) is 21.0. The number of hydrogen-bond acceptors (Lipinski definition) is 4. The molecular formula is C9H6N4. The van der Waals surface area contributed by atoms with E-state index < -0.39 is 0 Å². The van der Waals surface area contributed by atoms with E-state index in [1.54, 1.807) is 30.6 Å². The van der Waals surface area contributed by atoms with E-state index in [-0.39, 0.29) is 0 Å². The van der Waals surface area contributed by atoms with Crippen LogP contribution in [-0.4, -0.2) is 11.4 Å². The fourth-order valence-corrected chi connectivity index (χ4v) is 0.946. The number of hydrogen-bond donors (Lipinski definition) is 0. The van der Waals surface area contributed by atoms with Gasteiger partial charge in [0.2, 0.25) is 12.4 Å². The molecule has 4 nitrogen and oxygen atoms in total. The molecule has 0 aromatic heterocycles. The van der Waals surface area contributed by atoms with Gasteiger partial charge in [0.05, 0.1) is 11.4 Å². The van der Waals surface area contributed by atoms with Gasteiger partial charge in [-0.3, -0.25) is 0 Å². The van der Waals surface area contributed by atoms with Crippen LogP contribution in [0, 0.1) is 22.9 Å². The van der Waals surface area contributed by atoms with Crippen molar-refractivity contribution in [2.75, 3.05) is 0 Å². The number of rotatable bonds is 0. The zero-order valence-corrected chi connectivity index (χ0v) is 7.02. The molecule has 0 spiro atoms. The lowest BCUT2D eigenvalue weighted by Gasteiger charge is -2.04. The minimum absolute atomic E-state index is 0.580. The largest absolute Gasteiger partial charge is 0.206 e. The van der Waals surface area contributed by atoms with Crippen molar-refractivity contribution in [2.45, 2.75) is 6.92 Å². The van der Waals surface area contributed by atoms with Crippen LogP contribution in [0.3, 0.4) is 0 Å². The van der Waals surface area contributed by atoms with Gasteiger partial charge in [-0.25, -0.2) is 0 Å². The Bertz CT molecular complexity index is 410. The number of nitriles is 2. The molecule has 0 atom stereocenters. The lowest BCUT2D eigenvalue weighted by molar-refractivity contribution is 1.41. The summed E-state index contributed by atoms with van der Waals surface area (Å²) in [5, 5.41) is 16.6. The Kier molecular flexibility index (Phi) is 2.73. The van der Waals surface area contributed by atoms with Gasteiger partial charge in [0.1, 0.15) is 0 Å². The van der Waals surface area contributed by atoms with Crippen LogP contribution in [-0.2, 0) is 0 Å². The van der Waals surface area contributed by atoms with Crippen LogP contribution in [0.4, 0.5) is 0 Å². The smallest absolute Gasteiger partial charge is 0.174 e. The summed E-state index contributed by atoms with van der Waals surface area (Å²) >= 11 is 0. The molecule has 0 aliphatic heterocycles. The van der Waals surface area contributed by atoms with Gasteiger partial charge in [0.25, 0.3) is 0 Å². The van der Waals surface area contributed by atoms with E-state index in [1.807, 2.05) is 6.92 Å². The van der Waals surface area contributed by atoms with Crippen molar-refractivity contribution in [3.63, 3.8) is 0 Å². The molecule has 0 saturated carbocycles. The Morgan fingerprint density at radius 3 is 2.38 bits per heavy atom. The predicted octanol–water partition coefficient (Wildman–Crippen LogP) is 1.35. The van der Waals surface area contributed by atoms with Crippen molar-refractivity contribution in [2.24, 2.45) is 9.98 Å². The van der Waals surface area contributed by atoms with Gasteiger partial charge in [0, 0.05) is 0 Å². The van der Waals surface area contributed by atoms with Crippen molar-refractivity contribution in [1.29, 1.82) is 10.5 Å². The second kappa shape index (κ2) is 3.99. The lowest BCUT2D eigenvalue weighted by atomic mass is 10.0. The van der Waals surface area contributed by atoms with E-state index in [1.165, 1.54) is 0 Å². The van der Waals surface area contributed by atoms with Crippen LogP contribution < -0.4 is 0 Å².